The van der Waals surface area contributed by atoms with Crippen LogP contribution in [0.2, 0.25) is 0 Å². The van der Waals surface area contributed by atoms with E-state index in [1.165, 1.54) is 6.92 Å². The Morgan fingerprint density at radius 2 is 2.03 bits per heavy atom. The van der Waals surface area contributed by atoms with Gasteiger partial charge in [-0.2, -0.15) is 0 Å². The van der Waals surface area contributed by atoms with Crippen molar-refractivity contribution in [2.75, 3.05) is 25.5 Å². The molecule has 34 heavy (non-hydrogen) atoms. The molecule has 1 atom stereocenters. The van der Waals surface area contributed by atoms with E-state index < -0.39 is 5.91 Å². The Morgan fingerprint density at radius 1 is 1.24 bits per heavy atom. The van der Waals surface area contributed by atoms with Crippen LogP contribution in [0.5, 0.6) is 5.75 Å². The first-order valence-corrected chi connectivity index (χ1v) is 11.7. The van der Waals surface area contributed by atoms with Gasteiger partial charge >= 0.3 is 0 Å². The number of carbonyl (C=O) groups excluding carboxylic acids is 2. The van der Waals surface area contributed by atoms with E-state index in [1.54, 1.807) is 12.3 Å². The second kappa shape index (κ2) is 8.40. The van der Waals surface area contributed by atoms with Gasteiger partial charge in [-0.25, -0.2) is 0 Å². The molecular weight excluding hydrogens is 428 g/mol. The number of anilines is 1. The van der Waals surface area contributed by atoms with Crippen LogP contribution in [0.3, 0.4) is 0 Å². The predicted octanol–water partition coefficient (Wildman–Crippen LogP) is 3.76. The van der Waals surface area contributed by atoms with Gasteiger partial charge in [0.15, 0.2) is 0 Å². The number of nitrogens with two attached hydrogens (primary N) is 1. The number of aromatic nitrogens is 1. The minimum absolute atomic E-state index is 0.130. The summed E-state index contributed by atoms with van der Waals surface area (Å²) in [6.45, 7) is 5.11. The SMILES string of the molecule is CC(=O)Nc1cc(C2(c3cc(OCC4CCN4C)cc(C(N)=O)c3C)CC2)c2cccnc2c1. The zero-order chi connectivity index (χ0) is 24.0. The molecule has 2 fully saturated rings. The average Bonchev–Trinajstić information content (AvgIpc) is 3.59. The molecule has 176 valence electrons. The molecular formula is C27H30N4O3. The smallest absolute Gasteiger partial charge is 0.249 e. The van der Waals surface area contributed by atoms with Crippen molar-refractivity contribution < 1.29 is 14.3 Å². The monoisotopic (exact) mass is 458 g/mol. The van der Waals surface area contributed by atoms with Crippen molar-refractivity contribution in [2.24, 2.45) is 5.73 Å². The summed E-state index contributed by atoms with van der Waals surface area (Å²) in [6.07, 6.45) is 4.71. The van der Waals surface area contributed by atoms with Crippen molar-refractivity contribution in [3.63, 3.8) is 0 Å². The van der Waals surface area contributed by atoms with Crippen molar-refractivity contribution in [2.45, 2.75) is 44.6 Å². The van der Waals surface area contributed by atoms with Crippen LogP contribution in [-0.2, 0) is 10.2 Å². The molecule has 7 heteroatoms. The number of pyridine rings is 1. The Morgan fingerprint density at radius 3 is 2.65 bits per heavy atom. The summed E-state index contributed by atoms with van der Waals surface area (Å²) < 4.78 is 6.17. The molecule has 2 heterocycles. The number of primary amides is 1. The number of amides is 2. The van der Waals surface area contributed by atoms with Gasteiger partial charge in [0.05, 0.1) is 5.52 Å². The number of ether oxygens (including phenoxy) is 1. The summed E-state index contributed by atoms with van der Waals surface area (Å²) in [5.74, 6) is 0.0790. The fourth-order valence-electron chi connectivity index (χ4n) is 5.16. The van der Waals surface area contributed by atoms with Gasteiger partial charge in [0.25, 0.3) is 0 Å². The molecule has 2 aromatic carbocycles. The van der Waals surface area contributed by atoms with E-state index in [9.17, 15) is 9.59 Å². The van der Waals surface area contributed by atoms with E-state index >= 15 is 0 Å². The van der Waals surface area contributed by atoms with Gasteiger partial charge in [0, 0.05) is 41.2 Å². The van der Waals surface area contributed by atoms with E-state index in [1.807, 2.05) is 25.1 Å². The zero-order valence-corrected chi connectivity index (χ0v) is 19.9. The maximum atomic E-state index is 12.4. The van der Waals surface area contributed by atoms with Crippen molar-refractivity contribution in [3.05, 3.63) is 64.8 Å². The second-order valence-corrected chi connectivity index (χ2v) is 9.60. The number of nitrogens with zero attached hydrogens (tertiary/aromatic N) is 2. The summed E-state index contributed by atoms with van der Waals surface area (Å²) in [4.78, 5) is 31.0. The van der Waals surface area contributed by atoms with Crippen LogP contribution >= 0.6 is 0 Å². The lowest BCUT2D eigenvalue weighted by Gasteiger charge is -2.37. The molecule has 0 bridgehead atoms. The second-order valence-electron chi connectivity index (χ2n) is 9.60. The fraction of sp³-hybridized carbons (Fsp3) is 0.370. The summed E-state index contributed by atoms with van der Waals surface area (Å²) >= 11 is 0. The molecule has 0 radical (unpaired) electrons. The number of hydrogen-bond acceptors (Lipinski definition) is 5. The minimum atomic E-state index is -0.459. The third-order valence-electron chi connectivity index (χ3n) is 7.35. The van der Waals surface area contributed by atoms with Gasteiger partial charge < -0.3 is 15.8 Å². The van der Waals surface area contributed by atoms with E-state index in [0.29, 0.717) is 29.6 Å². The topological polar surface area (TPSA) is 97.5 Å². The lowest BCUT2D eigenvalue weighted by Crippen LogP contribution is -2.48. The van der Waals surface area contributed by atoms with Crippen LogP contribution in [0.1, 0.15) is 53.2 Å². The van der Waals surface area contributed by atoms with Gasteiger partial charge in [-0.05, 0) is 86.8 Å². The Hall–Kier alpha value is -3.45. The Kier molecular flexibility index (Phi) is 5.52. The highest BCUT2D eigenvalue weighted by atomic mass is 16.5. The molecule has 5 rings (SSSR count). The lowest BCUT2D eigenvalue weighted by molar-refractivity contribution is -0.114. The van der Waals surface area contributed by atoms with Gasteiger partial charge in [-0.1, -0.05) is 6.07 Å². The lowest BCUT2D eigenvalue weighted by atomic mass is 9.81. The van der Waals surface area contributed by atoms with E-state index in [2.05, 4.69) is 34.4 Å². The van der Waals surface area contributed by atoms with Crippen LogP contribution in [0.25, 0.3) is 10.9 Å². The minimum Gasteiger partial charge on any atom is -0.492 e. The van der Waals surface area contributed by atoms with Gasteiger partial charge in [-0.15, -0.1) is 0 Å². The third-order valence-corrected chi connectivity index (χ3v) is 7.35. The number of nitrogens with one attached hydrogen (secondary N) is 1. The van der Waals surface area contributed by atoms with Crippen LogP contribution < -0.4 is 15.8 Å². The maximum Gasteiger partial charge on any atom is 0.249 e. The molecule has 0 spiro atoms. The summed E-state index contributed by atoms with van der Waals surface area (Å²) in [6, 6.07) is 12.2. The first-order valence-electron chi connectivity index (χ1n) is 11.7. The van der Waals surface area contributed by atoms with Gasteiger partial charge in [-0.3, -0.25) is 19.5 Å². The highest BCUT2D eigenvalue weighted by Gasteiger charge is 2.48. The standard InChI is InChI=1S/C27H30N4O3/c1-16-22(26(28)33)13-20(34-15-19-6-10-31(19)3)14-23(16)27(7-8-27)24-11-18(30-17(2)32)12-25-21(24)5-4-9-29-25/h4-5,9,11-14,19H,6-8,10,15H2,1-3H3,(H2,28,33)(H,30,32). The molecule has 1 unspecified atom stereocenters. The molecule has 2 amide bonds. The summed E-state index contributed by atoms with van der Waals surface area (Å²) in [5, 5.41) is 3.95. The first kappa shape index (κ1) is 22.3. The molecule has 1 aliphatic carbocycles. The molecule has 3 aromatic rings. The van der Waals surface area contributed by atoms with Crippen LogP contribution in [0.4, 0.5) is 5.69 Å². The van der Waals surface area contributed by atoms with Crippen LogP contribution in [0, 0.1) is 6.92 Å². The average molecular weight is 459 g/mol. The molecule has 1 saturated heterocycles. The number of hydrogen-bond donors (Lipinski definition) is 2. The third kappa shape index (κ3) is 3.90. The number of likely N-dealkylation sites (N-methyl/N-ethyl adjacent to an activating group) is 1. The van der Waals surface area contributed by atoms with E-state index in [-0.39, 0.29) is 11.3 Å². The molecule has 1 saturated carbocycles. The highest BCUT2D eigenvalue weighted by molar-refractivity contribution is 5.96. The summed E-state index contributed by atoms with van der Waals surface area (Å²) in [5.41, 5.74) is 10.5. The normalized spacial score (nSPS) is 18.9. The van der Waals surface area contributed by atoms with E-state index in [4.69, 9.17) is 10.5 Å². The fourth-order valence-corrected chi connectivity index (χ4v) is 5.16. The number of likely N-dealkylation sites (tertiary alicyclic amines) is 1. The number of benzene rings is 2. The molecule has 7 nitrogen and oxygen atoms in total. The summed E-state index contributed by atoms with van der Waals surface area (Å²) in [7, 11) is 2.09. The van der Waals surface area contributed by atoms with Gasteiger partial charge in [0.1, 0.15) is 12.4 Å². The van der Waals surface area contributed by atoms with Crippen molar-refractivity contribution in [1.29, 1.82) is 0 Å². The molecule has 1 aliphatic heterocycles. The van der Waals surface area contributed by atoms with Crippen molar-refractivity contribution in [3.8, 4) is 5.75 Å². The van der Waals surface area contributed by atoms with Crippen LogP contribution in [0.15, 0.2) is 42.6 Å². The number of rotatable bonds is 7. The number of fused-ring (bicyclic) bond motifs is 1. The maximum absolute atomic E-state index is 12.4. The van der Waals surface area contributed by atoms with Gasteiger partial charge in [0.2, 0.25) is 11.8 Å². The van der Waals surface area contributed by atoms with Crippen LogP contribution in [-0.4, -0.2) is 47.9 Å². The zero-order valence-electron chi connectivity index (χ0n) is 19.9. The Balaban J connectivity index is 1.62. The molecule has 3 N–H and O–H groups in total. The molecule has 1 aromatic heterocycles. The quantitative estimate of drug-likeness (QED) is 0.562. The predicted molar refractivity (Wildman–Crippen MR) is 132 cm³/mol. The van der Waals surface area contributed by atoms with Crippen molar-refractivity contribution >= 4 is 28.4 Å². The van der Waals surface area contributed by atoms with E-state index in [0.717, 1.165) is 53.4 Å². The van der Waals surface area contributed by atoms with Crippen molar-refractivity contribution in [1.82, 2.24) is 9.88 Å². The largest absolute Gasteiger partial charge is 0.492 e. The highest BCUT2D eigenvalue weighted by Crippen LogP contribution is 2.57. The number of carbonyl (C=O) groups is 2. The Labute approximate surface area is 199 Å². The molecule has 2 aliphatic rings. The Bertz CT molecular complexity index is 1300. The first-order chi connectivity index (χ1) is 16.3.